The molecule has 0 radical (unpaired) electrons. The van der Waals surface area contributed by atoms with Crippen molar-refractivity contribution in [1.82, 2.24) is 10.2 Å². The van der Waals surface area contributed by atoms with Crippen LogP contribution >= 0.6 is 0 Å². The van der Waals surface area contributed by atoms with Gasteiger partial charge < -0.3 is 15.3 Å². The first-order chi connectivity index (χ1) is 6.20. The van der Waals surface area contributed by atoms with Crippen LogP contribution in [0.25, 0.3) is 0 Å². The maximum Gasteiger partial charge on any atom is 0.225 e. The standard InChI is InChI=1S/C9H16N2O2/c1-11(9(13)6-2-3-6)7-4-10-5-8(7)12/h6-8,10,12H,2-5H2,1H3. The third-order valence-electron chi connectivity index (χ3n) is 2.92. The highest BCUT2D eigenvalue weighted by molar-refractivity contribution is 5.81. The predicted molar refractivity (Wildman–Crippen MR) is 48.2 cm³/mol. The summed E-state index contributed by atoms with van der Waals surface area (Å²) in [6.07, 6.45) is 1.66. The number of carbonyl (C=O) groups excluding carboxylic acids is 1. The first-order valence-corrected chi connectivity index (χ1v) is 4.85. The van der Waals surface area contributed by atoms with E-state index in [2.05, 4.69) is 5.32 Å². The van der Waals surface area contributed by atoms with Crippen LogP contribution in [-0.2, 0) is 4.79 Å². The minimum Gasteiger partial charge on any atom is -0.390 e. The molecule has 0 bridgehead atoms. The van der Waals surface area contributed by atoms with Crippen molar-refractivity contribution >= 4 is 5.91 Å². The van der Waals surface area contributed by atoms with Crippen molar-refractivity contribution in [2.24, 2.45) is 5.92 Å². The maximum atomic E-state index is 11.6. The number of rotatable bonds is 2. The van der Waals surface area contributed by atoms with Crippen LogP contribution in [0.1, 0.15) is 12.8 Å². The van der Waals surface area contributed by atoms with E-state index in [4.69, 9.17) is 0 Å². The van der Waals surface area contributed by atoms with Crippen molar-refractivity contribution in [1.29, 1.82) is 0 Å². The molecule has 1 aliphatic carbocycles. The van der Waals surface area contributed by atoms with Crippen molar-refractivity contribution in [3.8, 4) is 0 Å². The van der Waals surface area contributed by atoms with Crippen LogP contribution < -0.4 is 5.32 Å². The van der Waals surface area contributed by atoms with Gasteiger partial charge >= 0.3 is 0 Å². The van der Waals surface area contributed by atoms with Gasteiger partial charge in [-0.2, -0.15) is 0 Å². The number of amides is 1. The van der Waals surface area contributed by atoms with Gasteiger partial charge in [-0.3, -0.25) is 4.79 Å². The molecule has 1 saturated heterocycles. The summed E-state index contributed by atoms with van der Waals surface area (Å²) in [5.74, 6) is 0.450. The molecule has 74 valence electrons. The zero-order valence-corrected chi connectivity index (χ0v) is 7.86. The van der Waals surface area contributed by atoms with E-state index < -0.39 is 6.10 Å². The fraction of sp³-hybridized carbons (Fsp3) is 0.889. The van der Waals surface area contributed by atoms with E-state index in [0.717, 1.165) is 19.4 Å². The molecule has 1 saturated carbocycles. The zero-order chi connectivity index (χ0) is 9.42. The van der Waals surface area contributed by atoms with Gasteiger partial charge in [0.1, 0.15) is 0 Å². The topological polar surface area (TPSA) is 52.6 Å². The first-order valence-electron chi connectivity index (χ1n) is 4.85. The predicted octanol–water partition coefficient (Wildman–Crippen LogP) is -0.812. The molecule has 0 aromatic rings. The quantitative estimate of drug-likeness (QED) is 0.590. The Labute approximate surface area is 77.9 Å². The van der Waals surface area contributed by atoms with Gasteiger partial charge in [-0.25, -0.2) is 0 Å². The lowest BCUT2D eigenvalue weighted by Crippen LogP contribution is -2.44. The van der Waals surface area contributed by atoms with Gasteiger partial charge in [-0.1, -0.05) is 0 Å². The smallest absolute Gasteiger partial charge is 0.225 e. The molecule has 1 aliphatic heterocycles. The Morgan fingerprint density at radius 3 is 2.62 bits per heavy atom. The summed E-state index contributed by atoms with van der Waals surface area (Å²) in [6.45, 7) is 1.32. The summed E-state index contributed by atoms with van der Waals surface area (Å²) in [5, 5.41) is 12.6. The Morgan fingerprint density at radius 2 is 2.15 bits per heavy atom. The van der Waals surface area contributed by atoms with E-state index in [1.165, 1.54) is 0 Å². The van der Waals surface area contributed by atoms with Gasteiger partial charge in [-0.05, 0) is 12.8 Å². The Bertz CT molecular complexity index is 216. The second-order valence-corrected chi connectivity index (χ2v) is 4.02. The number of aliphatic hydroxyl groups excluding tert-OH is 1. The Morgan fingerprint density at radius 1 is 1.46 bits per heavy atom. The number of nitrogens with zero attached hydrogens (tertiary/aromatic N) is 1. The van der Waals surface area contributed by atoms with Crippen LogP contribution in [0.4, 0.5) is 0 Å². The minimum absolute atomic E-state index is 0.0203. The molecular weight excluding hydrogens is 168 g/mol. The average Bonchev–Trinajstić information content (AvgIpc) is 2.87. The molecule has 13 heavy (non-hydrogen) atoms. The number of aliphatic hydroxyl groups is 1. The molecule has 0 aromatic carbocycles. The van der Waals surface area contributed by atoms with Gasteiger partial charge in [0.15, 0.2) is 0 Å². The van der Waals surface area contributed by atoms with Crippen molar-refractivity contribution < 1.29 is 9.90 Å². The van der Waals surface area contributed by atoms with E-state index in [0.29, 0.717) is 6.54 Å². The molecule has 2 rings (SSSR count). The third kappa shape index (κ3) is 1.69. The molecule has 2 atom stereocenters. The van der Waals surface area contributed by atoms with Gasteiger partial charge in [0, 0.05) is 26.1 Å². The minimum atomic E-state index is -0.396. The number of hydrogen-bond acceptors (Lipinski definition) is 3. The van der Waals surface area contributed by atoms with E-state index >= 15 is 0 Å². The van der Waals surface area contributed by atoms with Crippen LogP contribution in [-0.4, -0.2) is 48.2 Å². The molecule has 1 amide bonds. The maximum absolute atomic E-state index is 11.6. The van der Waals surface area contributed by atoms with Gasteiger partial charge in [-0.15, -0.1) is 0 Å². The fourth-order valence-corrected chi connectivity index (χ4v) is 1.83. The van der Waals surface area contributed by atoms with Crippen LogP contribution in [0, 0.1) is 5.92 Å². The average molecular weight is 184 g/mol. The Balaban J connectivity index is 1.94. The van der Waals surface area contributed by atoms with E-state index in [1.54, 1.807) is 11.9 Å². The molecule has 1 heterocycles. The van der Waals surface area contributed by atoms with Crippen molar-refractivity contribution in [3.05, 3.63) is 0 Å². The van der Waals surface area contributed by atoms with Crippen molar-refractivity contribution in [3.63, 3.8) is 0 Å². The van der Waals surface area contributed by atoms with Crippen LogP contribution in [0.2, 0.25) is 0 Å². The normalized spacial score (nSPS) is 33.4. The molecule has 2 fully saturated rings. The fourth-order valence-electron chi connectivity index (χ4n) is 1.83. The number of likely N-dealkylation sites (N-methyl/N-ethyl adjacent to an activating group) is 1. The molecule has 2 unspecified atom stereocenters. The summed E-state index contributed by atoms with van der Waals surface area (Å²) in [5.41, 5.74) is 0. The van der Waals surface area contributed by atoms with E-state index in [-0.39, 0.29) is 17.9 Å². The summed E-state index contributed by atoms with van der Waals surface area (Å²) in [7, 11) is 1.79. The highest BCUT2D eigenvalue weighted by atomic mass is 16.3. The van der Waals surface area contributed by atoms with Crippen LogP contribution in [0.5, 0.6) is 0 Å². The SMILES string of the molecule is CN(C(=O)C1CC1)C1CNCC1O. The highest BCUT2D eigenvalue weighted by Gasteiger charge is 2.38. The van der Waals surface area contributed by atoms with Gasteiger partial charge in [0.25, 0.3) is 0 Å². The van der Waals surface area contributed by atoms with E-state index in [1.807, 2.05) is 0 Å². The first kappa shape index (κ1) is 8.97. The largest absolute Gasteiger partial charge is 0.390 e. The van der Waals surface area contributed by atoms with Gasteiger partial charge in [0.05, 0.1) is 12.1 Å². The summed E-state index contributed by atoms with van der Waals surface area (Å²) in [6, 6.07) is -0.0203. The lowest BCUT2D eigenvalue weighted by atomic mass is 10.2. The number of nitrogens with one attached hydrogen (secondary N) is 1. The zero-order valence-electron chi connectivity index (χ0n) is 7.86. The monoisotopic (exact) mass is 184 g/mol. The van der Waals surface area contributed by atoms with Crippen LogP contribution in [0.3, 0.4) is 0 Å². The molecule has 0 aromatic heterocycles. The number of hydrogen-bond donors (Lipinski definition) is 2. The summed E-state index contributed by atoms with van der Waals surface area (Å²) >= 11 is 0. The third-order valence-corrected chi connectivity index (χ3v) is 2.92. The Hall–Kier alpha value is -0.610. The number of carbonyl (C=O) groups is 1. The molecular formula is C9H16N2O2. The van der Waals surface area contributed by atoms with E-state index in [9.17, 15) is 9.90 Å². The molecule has 0 spiro atoms. The molecule has 4 heteroatoms. The van der Waals surface area contributed by atoms with Crippen molar-refractivity contribution in [2.45, 2.75) is 25.0 Å². The summed E-state index contributed by atoms with van der Waals surface area (Å²) < 4.78 is 0. The lowest BCUT2D eigenvalue weighted by Gasteiger charge is -2.26. The highest BCUT2D eigenvalue weighted by Crippen LogP contribution is 2.31. The lowest BCUT2D eigenvalue weighted by molar-refractivity contribution is -0.134. The molecule has 2 aliphatic rings. The van der Waals surface area contributed by atoms with Gasteiger partial charge in [0.2, 0.25) is 5.91 Å². The second kappa shape index (κ2) is 3.27. The summed E-state index contributed by atoms with van der Waals surface area (Å²) in [4.78, 5) is 13.3. The van der Waals surface area contributed by atoms with Crippen molar-refractivity contribution in [2.75, 3.05) is 20.1 Å². The Kier molecular flexibility index (Phi) is 2.26. The molecule has 2 N–H and O–H groups in total. The van der Waals surface area contributed by atoms with Crippen LogP contribution in [0.15, 0.2) is 0 Å². The number of β-amino-alcohol motifs (C(OH)–C–C–N with tert-alkyl or cyclic N) is 1. The molecule has 4 nitrogen and oxygen atoms in total. The second-order valence-electron chi connectivity index (χ2n) is 4.02.